The summed E-state index contributed by atoms with van der Waals surface area (Å²) in [4.78, 5) is 18.0. The summed E-state index contributed by atoms with van der Waals surface area (Å²) in [7, 11) is 0. The van der Waals surface area contributed by atoms with E-state index in [2.05, 4.69) is 4.98 Å². The maximum absolute atomic E-state index is 11.9. The lowest BCUT2D eigenvalue weighted by Gasteiger charge is -2.38. The lowest BCUT2D eigenvalue weighted by atomic mass is 10.0. The molecule has 0 atom stereocenters. The van der Waals surface area contributed by atoms with Crippen LogP contribution < -0.4 is 0 Å². The molecule has 19 heavy (non-hydrogen) atoms. The minimum atomic E-state index is 0.155. The Kier molecular flexibility index (Phi) is 3.21. The number of aliphatic hydroxyl groups excluding tert-OH is 1. The fraction of sp³-hybridized carbons (Fsp3) is 0.429. The largest absolute Gasteiger partial charge is 0.396 e. The van der Waals surface area contributed by atoms with Gasteiger partial charge in [0.25, 0.3) is 0 Å². The molecule has 1 aliphatic heterocycles. The summed E-state index contributed by atoms with van der Waals surface area (Å²) >= 11 is 0. The molecule has 0 aliphatic carbocycles. The molecular formula is C14H17N3O2. The molecule has 100 valence electrons. The molecule has 0 spiro atoms. The van der Waals surface area contributed by atoms with E-state index in [0.29, 0.717) is 26.1 Å². The Morgan fingerprint density at radius 3 is 2.95 bits per heavy atom. The number of hydrogen-bond acceptors (Lipinski definition) is 3. The van der Waals surface area contributed by atoms with Crippen molar-refractivity contribution in [2.75, 3.05) is 19.7 Å². The van der Waals surface area contributed by atoms with E-state index in [1.807, 2.05) is 28.8 Å². The quantitative estimate of drug-likeness (QED) is 0.886. The number of rotatable bonds is 4. The van der Waals surface area contributed by atoms with Gasteiger partial charge in [-0.25, -0.2) is 4.98 Å². The molecule has 0 unspecified atom stereocenters. The zero-order valence-corrected chi connectivity index (χ0v) is 10.7. The molecule has 1 saturated heterocycles. The second-order valence-corrected chi connectivity index (χ2v) is 5.02. The molecule has 5 heteroatoms. The summed E-state index contributed by atoms with van der Waals surface area (Å²) in [5, 5.41) is 8.93. The Morgan fingerprint density at radius 1 is 1.37 bits per heavy atom. The highest BCUT2D eigenvalue weighted by Gasteiger charge is 2.29. The average molecular weight is 259 g/mol. The smallest absolute Gasteiger partial charge is 0.224 e. The van der Waals surface area contributed by atoms with Gasteiger partial charge >= 0.3 is 0 Å². The minimum absolute atomic E-state index is 0.155. The van der Waals surface area contributed by atoms with E-state index in [-0.39, 0.29) is 18.4 Å². The number of aromatic nitrogens is 2. The SMILES string of the molecule is O=C(CCn1cnc2ccccc21)N1CC(CO)C1. The molecule has 1 N–H and O–H groups in total. The summed E-state index contributed by atoms with van der Waals surface area (Å²) in [6, 6.07) is 7.91. The highest BCUT2D eigenvalue weighted by Crippen LogP contribution is 2.17. The van der Waals surface area contributed by atoms with Crippen LogP contribution in [0.4, 0.5) is 0 Å². The molecule has 0 bridgehead atoms. The lowest BCUT2D eigenvalue weighted by molar-refractivity contribution is -0.138. The fourth-order valence-corrected chi connectivity index (χ4v) is 2.45. The van der Waals surface area contributed by atoms with Gasteiger partial charge in [-0.2, -0.15) is 0 Å². The average Bonchev–Trinajstić information content (AvgIpc) is 2.78. The fourth-order valence-electron chi connectivity index (χ4n) is 2.45. The zero-order valence-electron chi connectivity index (χ0n) is 10.7. The molecule has 0 radical (unpaired) electrons. The van der Waals surface area contributed by atoms with Crippen molar-refractivity contribution in [1.82, 2.24) is 14.5 Å². The molecule has 0 saturated carbocycles. The third-order valence-corrected chi connectivity index (χ3v) is 3.66. The van der Waals surface area contributed by atoms with Crippen LogP contribution in [0.5, 0.6) is 0 Å². The molecule has 1 aliphatic rings. The molecule has 1 aromatic heterocycles. The summed E-state index contributed by atoms with van der Waals surface area (Å²) in [6.45, 7) is 2.22. The van der Waals surface area contributed by atoms with Gasteiger partial charge in [0, 0.05) is 38.6 Å². The Labute approximate surface area is 111 Å². The van der Waals surface area contributed by atoms with Crippen LogP contribution in [-0.2, 0) is 11.3 Å². The number of fused-ring (bicyclic) bond motifs is 1. The Bertz CT molecular complexity index is 587. The number of carbonyl (C=O) groups is 1. The number of para-hydroxylation sites is 2. The number of aliphatic hydroxyl groups is 1. The van der Waals surface area contributed by atoms with Gasteiger partial charge in [0.2, 0.25) is 5.91 Å². The van der Waals surface area contributed by atoms with Gasteiger partial charge in [0.05, 0.1) is 17.4 Å². The number of amides is 1. The van der Waals surface area contributed by atoms with Crippen molar-refractivity contribution in [3.8, 4) is 0 Å². The number of likely N-dealkylation sites (tertiary alicyclic amines) is 1. The number of carbonyl (C=O) groups excluding carboxylic acids is 1. The molecule has 5 nitrogen and oxygen atoms in total. The van der Waals surface area contributed by atoms with E-state index in [1.54, 1.807) is 11.2 Å². The van der Waals surface area contributed by atoms with Crippen LogP contribution in [0.25, 0.3) is 11.0 Å². The van der Waals surface area contributed by atoms with Crippen molar-refractivity contribution in [1.29, 1.82) is 0 Å². The number of aryl methyl sites for hydroxylation is 1. The van der Waals surface area contributed by atoms with Crippen LogP contribution in [-0.4, -0.2) is 45.2 Å². The van der Waals surface area contributed by atoms with Gasteiger partial charge in [0.15, 0.2) is 0 Å². The van der Waals surface area contributed by atoms with Crippen molar-refractivity contribution in [2.45, 2.75) is 13.0 Å². The van der Waals surface area contributed by atoms with Crippen LogP contribution in [0.2, 0.25) is 0 Å². The maximum atomic E-state index is 11.9. The van der Waals surface area contributed by atoms with E-state index >= 15 is 0 Å². The summed E-state index contributed by atoms with van der Waals surface area (Å²) in [5.74, 6) is 0.431. The first-order valence-corrected chi connectivity index (χ1v) is 6.56. The van der Waals surface area contributed by atoms with Crippen molar-refractivity contribution < 1.29 is 9.90 Å². The van der Waals surface area contributed by atoms with Crippen LogP contribution in [0.15, 0.2) is 30.6 Å². The highest BCUT2D eigenvalue weighted by molar-refractivity contribution is 5.78. The molecular weight excluding hydrogens is 242 g/mol. The zero-order chi connectivity index (χ0) is 13.2. The van der Waals surface area contributed by atoms with Gasteiger partial charge in [-0.1, -0.05) is 12.1 Å². The Hall–Kier alpha value is -1.88. The summed E-state index contributed by atoms with van der Waals surface area (Å²) < 4.78 is 2.01. The third-order valence-electron chi connectivity index (χ3n) is 3.66. The van der Waals surface area contributed by atoms with Crippen LogP contribution in [0.1, 0.15) is 6.42 Å². The van der Waals surface area contributed by atoms with E-state index in [9.17, 15) is 4.79 Å². The maximum Gasteiger partial charge on any atom is 0.224 e. The van der Waals surface area contributed by atoms with Crippen molar-refractivity contribution in [3.63, 3.8) is 0 Å². The summed E-state index contributed by atoms with van der Waals surface area (Å²) in [6.07, 6.45) is 2.27. The predicted molar refractivity (Wildman–Crippen MR) is 71.5 cm³/mol. The first kappa shape index (κ1) is 12.2. The van der Waals surface area contributed by atoms with E-state index < -0.39 is 0 Å². The van der Waals surface area contributed by atoms with Crippen molar-refractivity contribution in [2.24, 2.45) is 5.92 Å². The normalized spacial score (nSPS) is 15.7. The number of hydrogen-bond donors (Lipinski definition) is 1. The number of imidazole rings is 1. The summed E-state index contributed by atoms with van der Waals surface area (Å²) in [5.41, 5.74) is 2.02. The predicted octanol–water partition coefficient (Wildman–Crippen LogP) is 0.877. The van der Waals surface area contributed by atoms with Crippen LogP contribution in [0, 0.1) is 5.92 Å². The minimum Gasteiger partial charge on any atom is -0.396 e. The Balaban J connectivity index is 1.59. The van der Waals surface area contributed by atoms with Gasteiger partial charge in [-0.3, -0.25) is 4.79 Å². The van der Waals surface area contributed by atoms with E-state index in [1.165, 1.54) is 0 Å². The second-order valence-electron chi connectivity index (χ2n) is 5.02. The first-order valence-electron chi connectivity index (χ1n) is 6.56. The van der Waals surface area contributed by atoms with E-state index in [4.69, 9.17) is 5.11 Å². The van der Waals surface area contributed by atoms with Gasteiger partial charge in [0.1, 0.15) is 0 Å². The molecule has 2 heterocycles. The van der Waals surface area contributed by atoms with Crippen LogP contribution >= 0.6 is 0 Å². The number of benzene rings is 1. The van der Waals surface area contributed by atoms with Crippen LogP contribution in [0.3, 0.4) is 0 Å². The lowest BCUT2D eigenvalue weighted by Crippen LogP contribution is -2.51. The van der Waals surface area contributed by atoms with E-state index in [0.717, 1.165) is 11.0 Å². The van der Waals surface area contributed by atoms with Crippen molar-refractivity contribution in [3.05, 3.63) is 30.6 Å². The first-order chi connectivity index (χ1) is 9.28. The van der Waals surface area contributed by atoms with Gasteiger partial charge in [-0.15, -0.1) is 0 Å². The highest BCUT2D eigenvalue weighted by atomic mass is 16.3. The van der Waals surface area contributed by atoms with Gasteiger partial charge in [-0.05, 0) is 12.1 Å². The molecule has 1 aromatic carbocycles. The molecule has 2 aromatic rings. The monoisotopic (exact) mass is 259 g/mol. The second kappa shape index (κ2) is 5.01. The topological polar surface area (TPSA) is 58.4 Å². The molecule has 1 amide bonds. The van der Waals surface area contributed by atoms with Gasteiger partial charge < -0.3 is 14.6 Å². The third kappa shape index (κ3) is 2.33. The standard InChI is InChI=1S/C14H17N3O2/c18-9-11-7-17(8-11)14(19)5-6-16-10-15-12-3-1-2-4-13(12)16/h1-4,10-11,18H,5-9H2. The molecule has 3 rings (SSSR count). The van der Waals surface area contributed by atoms with Crippen molar-refractivity contribution >= 4 is 16.9 Å². The number of nitrogens with zero attached hydrogens (tertiary/aromatic N) is 3. The Morgan fingerprint density at radius 2 is 2.16 bits per heavy atom. The molecule has 1 fully saturated rings.